The number of hydrogen-bond donors (Lipinski definition) is 2. The van der Waals surface area contributed by atoms with Gasteiger partial charge in [-0.2, -0.15) is 0 Å². The molecule has 1 aliphatic carbocycles. The van der Waals surface area contributed by atoms with Crippen LogP contribution in [0.4, 0.5) is 10.5 Å². The second-order valence-electron chi connectivity index (χ2n) is 4.57. The maximum Gasteiger partial charge on any atom is 0.319 e. The quantitative estimate of drug-likeness (QED) is 0.819. The number of aromatic nitrogens is 1. The van der Waals surface area contributed by atoms with E-state index in [1.165, 1.54) is 0 Å². The number of carbonyl (C=O) groups is 1. The molecule has 0 saturated heterocycles. The second kappa shape index (κ2) is 6.78. The molecule has 0 radical (unpaired) electrons. The van der Waals surface area contributed by atoms with Gasteiger partial charge in [-0.3, -0.25) is 0 Å². The minimum atomic E-state index is -0.193. The van der Waals surface area contributed by atoms with Crippen LogP contribution in [0, 0.1) is 5.92 Å². The third-order valence-electron chi connectivity index (χ3n) is 3.13. The molecule has 1 aromatic heterocycles. The maximum absolute atomic E-state index is 11.7. The largest absolute Gasteiger partial charge is 0.481 e. The molecule has 0 saturated carbocycles. The number of allylic oxidation sites excluding steroid dienone is 2. The van der Waals surface area contributed by atoms with Crippen molar-refractivity contribution in [3.05, 3.63) is 30.5 Å². The average molecular weight is 261 g/mol. The first-order chi connectivity index (χ1) is 9.28. The summed E-state index contributed by atoms with van der Waals surface area (Å²) < 4.78 is 4.96. The lowest BCUT2D eigenvalue weighted by Crippen LogP contribution is -2.33. The van der Waals surface area contributed by atoms with E-state index in [4.69, 9.17) is 4.74 Å². The summed E-state index contributed by atoms with van der Waals surface area (Å²) in [5.74, 6) is 1.07. The summed E-state index contributed by atoms with van der Waals surface area (Å²) in [4.78, 5) is 15.7. The molecule has 0 aromatic carbocycles. The number of amides is 2. The molecule has 0 fully saturated rings. The van der Waals surface area contributed by atoms with Gasteiger partial charge in [0.25, 0.3) is 0 Å². The van der Waals surface area contributed by atoms with Gasteiger partial charge in [-0.1, -0.05) is 12.2 Å². The number of ether oxygens (including phenoxy) is 1. The third-order valence-corrected chi connectivity index (χ3v) is 3.13. The SMILES string of the molecule is COc1ccc(NC(=O)NCC2CC=CCC2)cn1. The predicted molar refractivity (Wildman–Crippen MR) is 74.3 cm³/mol. The molecule has 0 aliphatic heterocycles. The van der Waals surface area contributed by atoms with Gasteiger partial charge in [0.1, 0.15) is 0 Å². The summed E-state index contributed by atoms with van der Waals surface area (Å²) in [6, 6.07) is 3.28. The van der Waals surface area contributed by atoms with Crippen LogP contribution in [0.25, 0.3) is 0 Å². The van der Waals surface area contributed by atoms with Crippen molar-refractivity contribution < 1.29 is 9.53 Å². The Labute approximate surface area is 113 Å². The molecule has 1 heterocycles. The highest BCUT2D eigenvalue weighted by atomic mass is 16.5. The highest BCUT2D eigenvalue weighted by Gasteiger charge is 2.11. The molecule has 1 atom stereocenters. The van der Waals surface area contributed by atoms with Crippen molar-refractivity contribution in [1.82, 2.24) is 10.3 Å². The molecule has 0 spiro atoms. The number of carbonyl (C=O) groups excluding carboxylic acids is 1. The number of urea groups is 1. The van der Waals surface area contributed by atoms with E-state index in [-0.39, 0.29) is 6.03 Å². The molecule has 19 heavy (non-hydrogen) atoms. The van der Waals surface area contributed by atoms with Crippen molar-refractivity contribution in [3.63, 3.8) is 0 Å². The van der Waals surface area contributed by atoms with E-state index in [1.54, 1.807) is 25.4 Å². The van der Waals surface area contributed by atoms with Gasteiger partial charge in [-0.15, -0.1) is 0 Å². The van der Waals surface area contributed by atoms with E-state index in [1.807, 2.05) is 0 Å². The standard InChI is InChI=1S/C14H19N3O2/c1-19-13-8-7-12(10-15-13)17-14(18)16-9-11-5-3-2-4-6-11/h2-3,7-8,10-11H,4-6,9H2,1H3,(H2,16,17,18). The van der Waals surface area contributed by atoms with Crippen LogP contribution in [0.5, 0.6) is 5.88 Å². The van der Waals surface area contributed by atoms with Gasteiger partial charge in [0, 0.05) is 12.6 Å². The van der Waals surface area contributed by atoms with Crippen LogP contribution < -0.4 is 15.4 Å². The summed E-state index contributed by atoms with van der Waals surface area (Å²) in [5, 5.41) is 5.63. The highest BCUT2D eigenvalue weighted by molar-refractivity contribution is 5.88. The molecule has 5 nitrogen and oxygen atoms in total. The monoisotopic (exact) mass is 261 g/mol. The summed E-state index contributed by atoms with van der Waals surface area (Å²) in [6.45, 7) is 0.708. The number of nitrogens with one attached hydrogen (secondary N) is 2. The molecule has 0 bridgehead atoms. The third kappa shape index (κ3) is 4.28. The number of nitrogens with zero attached hydrogens (tertiary/aromatic N) is 1. The molecular weight excluding hydrogens is 242 g/mol. The first kappa shape index (κ1) is 13.4. The van der Waals surface area contributed by atoms with Crippen molar-refractivity contribution in [2.24, 2.45) is 5.92 Å². The lowest BCUT2D eigenvalue weighted by molar-refractivity contribution is 0.249. The van der Waals surface area contributed by atoms with Crippen LogP contribution in [0.1, 0.15) is 19.3 Å². The van der Waals surface area contributed by atoms with E-state index < -0.39 is 0 Å². The molecule has 2 N–H and O–H groups in total. The molecular formula is C14H19N3O2. The Morgan fingerprint density at radius 1 is 1.47 bits per heavy atom. The van der Waals surface area contributed by atoms with Crippen LogP contribution in [-0.4, -0.2) is 24.7 Å². The summed E-state index contributed by atoms with van der Waals surface area (Å²) in [6.07, 6.45) is 9.24. The van der Waals surface area contributed by atoms with Crippen LogP contribution in [0.3, 0.4) is 0 Å². The van der Waals surface area contributed by atoms with Gasteiger partial charge in [0.2, 0.25) is 5.88 Å². The van der Waals surface area contributed by atoms with Gasteiger partial charge in [0.15, 0.2) is 0 Å². The Hall–Kier alpha value is -2.04. The zero-order valence-corrected chi connectivity index (χ0v) is 11.1. The van der Waals surface area contributed by atoms with Crippen molar-refractivity contribution in [2.45, 2.75) is 19.3 Å². The number of anilines is 1. The van der Waals surface area contributed by atoms with Gasteiger partial charge in [0.05, 0.1) is 19.0 Å². The number of pyridine rings is 1. The first-order valence-electron chi connectivity index (χ1n) is 6.48. The Bertz CT molecular complexity index is 443. The summed E-state index contributed by atoms with van der Waals surface area (Å²) in [7, 11) is 1.56. The molecule has 1 aromatic rings. The number of hydrogen-bond acceptors (Lipinski definition) is 3. The minimum absolute atomic E-state index is 0.193. The van der Waals surface area contributed by atoms with E-state index >= 15 is 0 Å². The summed E-state index contributed by atoms with van der Waals surface area (Å²) >= 11 is 0. The van der Waals surface area contributed by atoms with Gasteiger partial charge in [-0.05, 0) is 31.2 Å². The molecule has 5 heteroatoms. The lowest BCUT2D eigenvalue weighted by atomic mass is 9.94. The van der Waals surface area contributed by atoms with Crippen LogP contribution in [0.2, 0.25) is 0 Å². The summed E-state index contributed by atoms with van der Waals surface area (Å²) in [5.41, 5.74) is 0.654. The lowest BCUT2D eigenvalue weighted by Gasteiger charge is -2.18. The van der Waals surface area contributed by atoms with Crippen LogP contribution >= 0.6 is 0 Å². The highest BCUT2D eigenvalue weighted by Crippen LogP contribution is 2.17. The molecule has 2 amide bonds. The van der Waals surface area contributed by atoms with Gasteiger partial charge >= 0.3 is 6.03 Å². The second-order valence-corrected chi connectivity index (χ2v) is 4.57. The van der Waals surface area contributed by atoms with E-state index in [2.05, 4.69) is 27.8 Å². The number of rotatable bonds is 4. The minimum Gasteiger partial charge on any atom is -0.481 e. The number of methoxy groups -OCH3 is 1. The average Bonchev–Trinajstić information content (AvgIpc) is 2.47. The van der Waals surface area contributed by atoms with Crippen molar-refractivity contribution >= 4 is 11.7 Å². The maximum atomic E-state index is 11.7. The zero-order valence-electron chi connectivity index (χ0n) is 11.1. The van der Waals surface area contributed by atoms with Gasteiger partial charge < -0.3 is 15.4 Å². The predicted octanol–water partition coefficient (Wildman–Crippen LogP) is 2.57. The van der Waals surface area contributed by atoms with Crippen LogP contribution in [0.15, 0.2) is 30.5 Å². The normalized spacial score (nSPS) is 17.8. The van der Waals surface area contributed by atoms with Crippen molar-refractivity contribution in [3.8, 4) is 5.88 Å². The Morgan fingerprint density at radius 3 is 3.00 bits per heavy atom. The van der Waals surface area contributed by atoms with Crippen molar-refractivity contribution in [2.75, 3.05) is 19.0 Å². The Kier molecular flexibility index (Phi) is 4.78. The molecule has 2 rings (SSSR count). The van der Waals surface area contributed by atoms with Gasteiger partial charge in [-0.25, -0.2) is 9.78 Å². The first-order valence-corrected chi connectivity index (χ1v) is 6.48. The fourth-order valence-electron chi connectivity index (χ4n) is 2.03. The fraction of sp³-hybridized carbons (Fsp3) is 0.429. The zero-order chi connectivity index (χ0) is 13.5. The molecule has 102 valence electrons. The van der Waals surface area contributed by atoms with Crippen molar-refractivity contribution in [1.29, 1.82) is 0 Å². The van der Waals surface area contributed by atoms with Crippen LogP contribution in [-0.2, 0) is 0 Å². The Balaban J connectivity index is 1.75. The van der Waals surface area contributed by atoms with E-state index in [0.29, 0.717) is 24.0 Å². The van der Waals surface area contributed by atoms with E-state index in [9.17, 15) is 4.79 Å². The molecule has 1 unspecified atom stereocenters. The van der Waals surface area contributed by atoms with E-state index in [0.717, 1.165) is 19.3 Å². The molecule has 1 aliphatic rings. The smallest absolute Gasteiger partial charge is 0.319 e. The Morgan fingerprint density at radius 2 is 2.37 bits per heavy atom. The fourth-order valence-corrected chi connectivity index (χ4v) is 2.03. The topological polar surface area (TPSA) is 63.2 Å².